The fourth-order valence-corrected chi connectivity index (χ4v) is 3.36. The van der Waals surface area contributed by atoms with E-state index < -0.39 is 11.8 Å². The zero-order chi connectivity index (χ0) is 23.1. The van der Waals surface area contributed by atoms with Crippen LogP contribution >= 0.6 is 46.4 Å². The summed E-state index contributed by atoms with van der Waals surface area (Å²) in [7, 11) is 0. The highest BCUT2D eigenvalue weighted by atomic mass is 35.5. The molecule has 3 aromatic carbocycles. The first-order chi connectivity index (χ1) is 15.3. The van der Waals surface area contributed by atoms with Gasteiger partial charge in [0.05, 0.1) is 21.9 Å². The molecule has 0 aliphatic rings. The van der Waals surface area contributed by atoms with Crippen LogP contribution < -0.4 is 15.5 Å². The zero-order valence-electron chi connectivity index (χ0n) is 16.2. The number of hydrogen-bond acceptors (Lipinski definition) is 4. The van der Waals surface area contributed by atoms with E-state index in [1.807, 2.05) is 0 Å². The van der Waals surface area contributed by atoms with E-state index in [4.69, 9.17) is 51.1 Å². The predicted octanol–water partition coefficient (Wildman–Crippen LogP) is 5.97. The maximum Gasteiger partial charge on any atom is 0.329 e. The number of rotatable bonds is 6. The van der Waals surface area contributed by atoms with Gasteiger partial charge in [0.25, 0.3) is 0 Å². The van der Waals surface area contributed by atoms with E-state index in [1.165, 1.54) is 12.3 Å². The van der Waals surface area contributed by atoms with E-state index in [1.54, 1.807) is 54.6 Å². The summed E-state index contributed by atoms with van der Waals surface area (Å²) >= 11 is 24.2. The van der Waals surface area contributed by atoms with Gasteiger partial charge < -0.3 is 10.1 Å². The molecule has 0 unspecified atom stereocenters. The third kappa shape index (κ3) is 6.37. The van der Waals surface area contributed by atoms with Crippen LogP contribution in [0.25, 0.3) is 0 Å². The second-order valence-corrected chi connectivity index (χ2v) is 7.92. The fraction of sp³-hybridized carbons (Fsp3) is 0.0455. The number of nitrogens with zero attached hydrogens (tertiary/aromatic N) is 1. The number of halogens is 4. The summed E-state index contributed by atoms with van der Waals surface area (Å²) in [6, 6.07) is 16.8. The van der Waals surface area contributed by atoms with Gasteiger partial charge in [0.1, 0.15) is 12.4 Å². The largest absolute Gasteiger partial charge is 0.489 e. The molecular weight excluding hydrogens is 496 g/mol. The number of hydrazone groups is 1. The zero-order valence-corrected chi connectivity index (χ0v) is 19.3. The molecule has 10 heteroatoms. The number of amides is 2. The van der Waals surface area contributed by atoms with Crippen molar-refractivity contribution in [1.82, 2.24) is 5.43 Å². The maximum atomic E-state index is 12.0. The van der Waals surface area contributed by atoms with Crippen LogP contribution in [0.3, 0.4) is 0 Å². The Hall–Kier alpha value is -2.77. The van der Waals surface area contributed by atoms with Gasteiger partial charge in [-0.2, -0.15) is 5.10 Å². The van der Waals surface area contributed by atoms with E-state index in [2.05, 4.69) is 15.8 Å². The van der Waals surface area contributed by atoms with Gasteiger partial charge in [0.15, 0.2) is 0 Å². The number of carbonyl (C=O) groups is 2. The number of nitrogens with one attached hydrogen (secondary N) is 2. The first-order valence-electron chi connectivity index (χ1n) is 9.09. The number of ether oxygens (including phenoxy) is 1. The van der Waals surface area contributed by atoms with E-state index in [9.17, 15) is 9.59 Å². The topological polar surface area (TPSA) is 79.8 Å². The molecule has 164 valence electrons. The third-order valence-corrected chi connectivity index (χ3v) is 5.62. The molecule has 0 saturated heterocycles. The minimum Gasteiger partial charge on any atom is -0.489 e. The van der Waals surface area contributed by atoms with Crippen LogP contribution in [0.5, 0.6) is 5.75 Å². The smallest absolute Gasteiger partial charge is 0.329 e. The van der Waals surface area contributed by atoms with Gasteiger partial charge in [0.2, 0.25) is 0 Å². The van der Waals surface area contributed by atoms with Crippen LogP contribution in [0.15, 0.2) is 65.8 Å². The Bertz CT molecular complexity index is 1160. The molecule has 2 N–H and O–H groups in total. The summed E-state index contributed by atoms with van der Waals surface area (Å²) in [5.74, 6) is -1.37. The van der Waals surface area contributed by atoms with Gasteiger partial charge in [0, 0.05) is 15.6 Å². The lowest BCUT2D eigenvalue weighted by Gasteiger charge is -2.10. The highest BCUT2D eigenvalue weighted by Gasteiger charge is 2.15. The van der Waals surface area contributed by atoms with Gasteiger partial charge in [-0.25, -0.2) is 5.43 Å². The van der Waals surface area contributed by atoms with Crippen molar-refractivity contribution in [3.8, 4) is 5.75 Å². The van der Waals surface area contributed by atoms with Gasteiger partial charge in [-0.3, -0.25) is 9.59 Å². The predicted molar refractivity (Wildman–Crippen MR) is 128 cm³/mol. The van der Waals surface area contributed by atoms with Crippen LogP contribution in [-0.2, 0) is 16.2 Å². The Balaban J connectivity index is 1.56. The molecule has 0 fully saturated rings. The number of benzene rings is 3. The number of anilines is 1. The highest BCUT2D eigenvalue weighted by molar-refractivity contribution is 6.45. The van der Waals surface area contributed by atoms with E-state index >= 15 is 0 Å². The molecule has 2 amide bonds. The summed E-state index contributed by atoms with van der Waals surface area (Å²) in [5.41, 5.74) is 3.66. The number of hydrogen-bond donors (Lipinski definition) is 2. The van der Waals surface area contributed by atoms with Crippen LogP contribution in [0.4, 0.5) is 5.69 Å². The van der Waals surface area contributed by atoms with Gasteiger partial charge in [-0.05, 0) is 42.0 Å². The molecule has 32 heavy (non-hydrogen) atoms. The van der Waals surface area contributed by atoms with Crippen LogP contribution in [0, 0.1) is 0 Å². The molecule has 0 heterocycles. The average molecular weight is 511 g/mol. The molecule has 0 saturated carbocycles. The molecule has 0 spiro atoms. The standard InChI is InChI=1S/C22H15Cl4N3O3/c23-16-6-2-7-17(24)15(16)12-32-14-5-1-4-13(10-14)11-27-29-22(31)21(30)28-19-9-3-8-18(25)20(19)26/h1-11H,12H2,(H,28,30)(H,29,31)/b27-11+. The first kappa shape index (κ1) is 23.9. The van der Waals surface area contributed by atoms with Crippen molar-refractivity contribution in [1.29, 1.82) is 0 Å². The molecular formula is C22H15Cl4N3O3. The fourth-order valence-electron chi connectivity index (χ4n) is 2.51. The Kier molecular flexibility index (Phi) is 8.36. The number of carbonyl (C=O) groups excluding carboxylic acids is 2. The molecule has 3 aromatic rings. The van der Waals surface area contributed by atoms with Crippen molar-refractivity contribution in [3.05, 3.63) is 91.9 Å². The lowest BCUT2D eigenvalue weighted by atomic mass is 10.2. The maximum absolute atomic E-state index is 12.0. The molecule has 3 rings (SSSR count). The van der Waals surface area contributed by atoms with Crippen molar-refractivity contribution in [2.45, 2.75) is 6.61 Å². The summed E-state index contributed by atoms with van der Waals surface area (Å²) in [6.45, 7) is 0.183. The van der Waals surface area contributed by atoms with Gasteiger partial charge in [-0.1, -0.05) is 70.7 Å². The van der Waals surface area contributed by atoms with E-state index in [-0.39, 0.29) is 22.3 Å². The first-order valence-corrected chi connectivity index (χ1v) is 10.6. The lowest BCUT2D eigenvalue weighted by Crippen LogP contribution is -2.32. The molecule has 6 nitrogen and oxygen atoms in total. The molecule has 0 bridgehead atoms. The summed E-state index contributed by atoms with van der Waals surface area (Å²) in [6.07, 6.45) is 1.37. The molecule has 0 atom stereocenters. The van der Waals surface area contributed by atoms with Crippen molar-refractivity contribution >= 4 is 70.1 Å². The summed E-state index contributed by atoms with van der Waals surface area (Å²) in [4.78, 5) is 24.0. The second-order valence-electron chi connectivity index (χ2n) is 6.32. The minimum atomic E-state index is -0.974. The summed E-state index contributed by atoms with van der Waals surface area (Å²) in [5, 5.41) is 7.56. The van der Waals surface area contributed by atoms with Crippen molar-refractivity contribution in [2.24, 2.45) is 5.10 Å². The van der Waals surface area contributed by atoms with Gasteiger partial charge >= 0.3 is 11.8 Å². The summed E-state index contributed by atoms with van der Waals surface area (Å²) < 4.78 is 5.74. The van der Waals surface area contributed by atoms with E-state index in [0.717, 1.165) is 0 Å². The van der Waals surface area contributed by atoms with Crippen molar-refractivity contribution in [3.63, 3.8) is 0 Å². The molecule has 0 aliphatic carbocycles. The Labute approximate surface area is 204 Å². The van der Waals surface area contributed by atoms with Crippen LogP contribution in [-0.4, -0.2) is 18.0 Å². The Morgan fingerprint density at radius 1 is 0.875 bits per heavy atom. The molecule has 0 aromatic heterocycles. The normalized spacial score (nSPS) is 10.8. The third-order valence-electron chi connectivity index (χ3n) is 4.09. The van der Waals surface area contributed by atoms with Crippen molar-refractivity contribution < 1.29 is 14.3 Å². The quantitative estimate of drug-likeness (QED) is 0.243. The van der Waals surface area contributed by atoms with Crippen LogP contribution in [0.1, 0.15) is 11.1 Å². The second kappa shape index (κ2) is 11.2. The lowest BCUT2D eigenvalue weighted by molar-refractivity contribution is -0.136. The molecule has 0 aliphatic heterocycles. The SMILES string of the molecule is O=C(N/N=C/c1cccc(OCc2c(Cl)cccc2Cl)c1)C(=O)Nc1cccc(Cl)c1Cl. The van der Waals surface area contributed by atoms with Gasteiger partial charge in [-0.15, -0.1) is 0 Å². The van der Waals surface area contributed by atoms with Crippen molar-refractivity contribution in [2.75, 3.05) is 5.32 Å². The minimum absolute atomic E-state index is 0.133. The molecule has 0 radical (unpaired) electrons. The average Bonchev–Trinajstić information content (AvgIpc) is 2.77. The highest BCUT2D eigenvalue weighted by Crippen LogP contribution is 2.29. The Morgan fingerprint density at radius 2 is 1.53 bits per heavy atom. The van der Waals surface area contributed by atoms with E-state index in [0.29, 0.717) is 26.9 Å². The Morgan fingerprint density at radius 3 is 2.28 bits per heavy atom. The van der Waals surface area contributed by atoms with Crippen LogP contribution in [0.2, 0.25) is 20.1 Å². The monoisotopic (exact) mass is 509 g/mol.